The van der Waals surface area contributed by atoms with Crippen LogP contribution in [0.1, 0.15) is 39.2 Å². The predicted molar refractivity (Wildman–Crippen MR) is 157 cm³/mol. The van der Waals surface area contributed by atoms with Crippen molar-refractivity contribution in [2.24, 2.45) is 0 Å². The van der Waals surface area contributed by atoms with E-state index in [0.717, 1.165) is 51.5 Å². The average Bonchev–Trinajstić information content (AvgIpc) is 3.73. The van der Waals surface area contributed by atoms with Crippen molar-refractivity contribution >= 4 is 37.9 Å². The number of aromatic amines is 1. The summed E-state index contributed by atoms with van der Waals surface area (Å²) in [4.78, 5) is 22.6. The zero-order valence-electron chi connectivity index (χ0n) is 23.8. The zero-order valence-corrected chi connectivity index (χ0v) is 24.6. The lowest BCUT2D eigenvalue weighted by Crippen LogP contribution is -2.49. The van der Waals surface area contributed by atoms with Crippen LogP contribution in [0.5, 0.6) is 5.75 Å². The lowest BCUT2D eigenvalue weighted by molar-refractivity contribution is -0.0555. The number of nitrogens with one attached hydrogen (secondary N) is 1. The first kappa shape index (κ1) is 27.5. The molecule has 0 bridgehead atoms. The Morgan fingerprint density at radius 3 is 2.73 bits per heavy atom. The molecule has 2 aromatic heterocycles. The van der Waals surface area contributed by atoms with Crippen molar-refractivity contribution in [1.29, 1.82) is 0 Å². The molecule has 10 heteroatoms. The quantitative estimate of drug-likeness (QED) is 0.316. The Labute approximate surface area is 239 Å². The van der Waals surface area contributed by atoms with Gasteiger partial charge in [0.2, 0.25) is 0 Å². The topological polar surface area (TPSA) is 111 Å². The van der Waals surface area contributed by atoms with Crippen LogP contribution in [-0.4, -0.2) is 72.6 Å². The first-order valence-corrected chi connectivity index (χ1v) is 15.5. The number of morpholine rings is 1. The Balaban J connectivity index is 1.32. The number of rotatable bonds is 6. The number of pyridine rings is 1. The number of hydrogen-bond acceptors (Lipinski definition) is 7. The Bertz CT molecular complexity index is 1740. The van der Waals surface area contributed by atoms with Crippen LogP contribution >= 0.6 is 0 Å². The lowest BCUT2D eigenvalue weighted by atomic mass is 9.99. The molecule has 9 nitrogen and oxygen atoms in total. The number of fused-ring (bicyclic) bond motifs is 3. The summed E-state index contributed by atoms with van der Waals surface area (Å²) in [5.74, 6) is 0.624. The van der Waals surface area contributed by atoms with E-state index in [0.29, 0.717) is 30.3 Å². The van der Waals surface area contributed by atoms with Gasteiger partial charge in [0.25, 0.3) is 0 Å². The van der Waals surface area contributed by atoms with Gasteiger partial charge in [0.15, 0.2) is 9.84 Å². The first-order chi connectivity index (χ1) is 19.5. The Hall–Kier alpha value is -3.63. The molecule has 2 aliphatic rings. The molecular weight excluding hydrogens is 542 g/mol. The molecule has 1 aliphatic carbocycles. The van der Waals surface area contributed by atoms with E-state index in [9.17, 15) is 13.2 Å². The SMILES string of the molecule is Cc1cnc2[nH]c3c(OCC4CN(C(=O)OC(C)(C)C)CCO4)ccc(-c4cccc(S(=O)(=O)C5CC5)c4)c3c2c1. The van der Waals surface area contributed by atoms with Crippen molar-refractivity contribution in [2.45, 2.75) is 62.4 Å². The molecule has 6 rings (SSSR count). The third-order valence-corrected chi connectivity index (χ3v) is 9.62. The van der Waals surface area contributed by atoms with Gasteiger partial charge >= 0.3 is 6.09 Å². The average molecular weight is 578 g/mol. The number of H-pyrrole nitrogens is 1. The number of aromatic nitrogens is 2. The molecule has 0 spiro atoms. The van der Waals surface area contributed by atoms with E-state index in [2.05, 4.69) is 16.0 Å². The van der Waals surface area contributed by atoms with Crippen molar-refractivity contribution in [1.82, 2.24) is 14.9 Å². The minimum atomic E-state index is -3.33. The third kappa shape index (κ3) is 5.63. The molecule has 2 aromatic carbocycles. The fourth-order valence-electron chi connectivity index (χ4n) is 5.23. The van der Waals surface area contributed by atoms with Crippen molar-refractivity contribution in [3.8, 4) is 16.9 Å². The van der Waals surface area contributed by atoms with Gasteiger partial charge in [-0.2, -0.15) is 0 Å². The van der Waals surface area contributed by atoms with Gasteiger partial charge in [-0.05, 0) is 87.6 Å². The van der Waals surface area contributed by atoms with Crippen LogP contribution in [0.25, 0.3) is 33.1 Å². The molecule has 216 valence electrons. The number of hydrogen-bond donors (Lipinski definition) is 1. The fraction of sp³-hybridized carbons (Fsp3) is 0.419. The van der Waals surface area contributed by atoms with Crippen LogP contribution in [-0.2, 0) is 19.3 Å². The molecule has 1 saturated carbocycles. The van der Waals surface area contributed by atoms with Crippen LogP contribution in [0.4, 0.5) is 4.79 Å². The van der Waals surface area contributed by atoms with Gasteiger partial charge in [-0.15, -0.1) is 0 Å². The number of carbonyl (C=O) groups is 1. The van der Waals surface area contributed by atoms with Gasteiger partial charge in [-0.1, -0.05) is 12.1 Å². The van der Waals surface area contributed by atoms with Gasteiger partial charge in [-0.25, -0.2) is 18.2 Å². The molecule has 0 radical (unpaired) electrons. The molecule has 1 amide bonds. The molecule has 1 unspecified atom stereocenters. The molecule has 1 N–H and O–H groups in total. The van der Waals surface area contributed by atoms with Crippen molar-refractivity contribution in [3.05, 3.63) is 54.2 Å². The smallest absolute Gasteiger partial charge is 0.410 e. The Kier molecular flexibility index (Phi) is 6.94. The fourth-order valence-corrected chi connectivity index (χ4v) is 6.93. The highest BCUT2D eigenvalue weighted by atomic mass is 32.2. The van der Waals surface area contributed by atoms with E-state index in [-0.39, 0.29) is 24.1 Å². The summed E-state index contributed by atoms with van der Waals surface area (Å²) in [5.41, 5.74) is 3.63. The molecular formula is C31H35N3O6S. The van der Waals surface area contributed by atoms with Crippen LogP contribution in [0.15, 0.2) is 53.6 Å². The molecule has 1 atom stereocenters. The lowest BCUT2D eigenvalue weighted by Gasteiger charge is -2.34. The van der Waals surface area contributed by atoms with E-state index in [1.807, 2.05) is 52.1 Å². The minimum Gasteiger partial charge on any atom is -0.489 e. The summed E-state index contributed by atoms with van der Waals surface area (Å²) in [6.45, 7) is 9.01. The number of nitrogens with zero attached hydrogens (tertiary/aromatic N) is 2. The molecule has 4 aromatic rings. The Morgan fingerprint density at radius 2 is 1.98 bits per heavy atom. The predicted octanol–water partition coefficient (Wildman–Crippen LogP) is 5.64. The minimum absolute atomic E-state index is 0.241. The molecule has 41 heavy (non-hydrogen) atoms. The van der Waals surface area contributed by atoms with Crippen LogP contribution < -0.4 is 4.74 Å². The van der Waals surface area contributed by atoms with Gasteiger partial charge in [-0.3, -0.25) is 0 Å². The summed E-state index contributed by atoms with van der Waals surface area (Å²) in [5, 5.41) is 1.57. The van der Waals surface area contributed by atoms with E-state index in [1.165, 1.54) is 0 Å². The summed E-state index contributed by atoms with van der Waals surface area (Å²) in [6, 6.07) is 13.1. The summed E-state index contributed by atoms with van der Waals surface area (Å²) in [7, 11) is -3.33. The molecule has 1 saturated heterocycles. The number of benzene rings is 2. The standard InChI is InChI=1S/C31H35N3O6S/c1-19-14-25-27-24(20-6-5-7-23(15-20)41(36,37)22-8-9-22)10-11-26(28(27)33-29(25)32-16-19)39-18-21-17-34(12-13-38-21)30(35)40-31(2,3)4/h5-7,10-11,14-16,21-22H,8-9,12-13,17-18H2,1-4H3,(H,32,33). The van der Waals surface area contributed by atoms with E-state index >= 15 is 0 Å². The molecule has 1 aliphatic heterocycles. The van der Waals surface area contributed by atoms with Gasteiger partial charge in [0.1, 0.15) is 29.7 Å². The molecule has 3 heterocycles. The largest absolute Gasteiger partial charge is 0.489 e. The second-order valence-corrected chi connectivity index (χ2v) is 14.1. The number of amides is 1. The van der Waals surface area contributed by atoms with Crippen LogP contribution in [0, 0.1) is 6.92 Å². The normalized spacial score (nSPS) is 18.1. The van der Waals surface area contributed by atoms with Gasteiger partial charge in [0, 0.05) is 23.5 Å². The third-order valence-electron chi connectivity index (χ3n) is 7.36. The van der Waals surface area contributed by atoms with Gasteiger partial charge in [0.05, 0.1) is 28.8 Å². The molecule has 2 fully saturated rings. The summed E-state index contributed by atoms with van der Waals surface area (Å²) < 4.78 is 43.7. The summed E-state index contributed by atoms with van der Waals surface area (Å²) >= 11 is 0. The van der Waals surface area contributed by atoms with Crippen LogP contribution in [0.2, 0.25) is 0 Å². The van der Waals surface area contributed by atoms with E-state index in [1.54, 1.807) is 23.1 Å². The van der Waals surface area contributed by atoms with Crippen molar-refractivity contribution < 1.29 is 27.4 Å². The van der Waals surface area contributed by atoms with Crippen molar-refractivity contribution in [3.63, 3.8) is 0 Å². The highest BCUT2D eigenvalue weighted by Crippen LogP contribution is 2.41. The number of ether oxygens (including phenoxy) is 3. The number of carbonyl (C=O) groups excluding carboxylic acids is 1. The van der Waals surface area contributed by atoms with Crippen molar-refractivity contribution in [2.75, 3.05) is 26.3 Å². The van der Waals surface area contributed by atoms with Gasteiger partial charge < -0.3 is 24.1 Å². The maximum absolute atomic E-state index is 13.0. The highest BCUT2D eigenvalue weighted by molar-refractivity contribution is 7.92. The second kappa shape index (κ2) is 10.3. The first-order valence-electron chi connectivity index (χ1n) is 14.0. The van der Waals surface area contributed by atoms with Crippen LogP contribution in [0.3, 0.4) is 0 Å². The maximum atomic E-state index is 13.0. The maximum Gasteiger partial charge on any atom is 0.410 e. The number of aryl methyl sites for hydroxylation is 1. The monoisotopic (exact) mass is 577 g/mol. The van der Waals surface area contributed by atoms with E-state index in [4.69, 9.17) is 14.2 Å². The zero-order chi connectivity index (χ0) is 28.9. The van der Waals surface area contributed by atoms with E-state index < -0.39 is 15.4 Å². The summed E-state index contributed by atoms with van der Waals surface area (Å²) in [6.07, 6.45) is 2.56. The Morgan fingerprint density at radius 1 is 1.17 bits per heavy atom. The number of sulfone groups is 1. The highest BCUT2D eigenvalue weighted by Gasteiger charge is 2.37. The second-order valence-electron chi connectivity index (χ2n) is 11.9.